The summed E-state index contributed by atoms with van der Waals surface area (Å²) in [5.74, 6) is 0. The van der Waals surface area contributed by atoms with E-state index in [4.69, 9.17) is 13.9 Å². The van der Waals surface area contributed by atoms with Gasteiger partial charge in [-0.15, -0.1) is 0 Å². The van der Waals surface area contributed by atoms with Crippen molar-refractivity contribution in [2.45, 2.75) is 77.0 Å². The normalized spacial score (nSPS) is 14.4. The van der Waals surface area contributed by atoms with Crippen molar-refractivity contribution in [1.29, 1.82) is 0 Å². The van der Waals surface area contributed by atoms with Crippen LogP contribution in [0.1, 0.15) is 59.8 Å². The molecule has 0 saturated carbocycles. The topological polar surface area (TPSA) is 27.7 Å². The van der Waals surface area contributed by atoms with Crippen LogP contribution in [0, 0.1) is 0 Å². The zero-order valence-electron chi connectivity index (χ0n) is 20.4. The molecule has 4 heteroatoms. The first-order chi connectivity index (χ1) is 14.9. The van der Waals surface area contributed by atoms with E-state index in [2.05, 4.69) is 88.4 Å². The Morgan fingerprint density at radius 2 is 1.29 bits per heavy atom. The van der Waals surface area contributed by atoms with E-state index in [0.717, 1.165) is 12.8 Å². The van der Waals surface area contributed by atoms with E-state index >= 15 is 0 Å². The van der Waals surface area contributed by atoms with Gasteiger partial charge in [0.25, 0.3) is 8.32 Å². The minimum absolute atomic E-state index is 0.00762. The predicted octanol–water partition coefficient (Wildman–Crippen LogP) is 5.56. The maximum absolute atomic E-state index is 7.05. The molecule has 0 aliphatic rings. The monoisotopic (exact) mass is 442 g/mol. The van der Waals surface area contributed by atoms with Crippen molar-refractivity contribution >= 4 is 18.7 Å². The van der Waals surface area contributed by atoms with Gasteiger partial charge in [0.05, 0.1) is 18.8 Å². The Morgan fingerprint density at radius 1 is 0.774 bits per heavy atom. The standard InChI is InChI=1S/C27H42O3Si/c1-7-8-11-16-23(28-5)21-24(29-6)22-30-31(27(2,3)4,25-17-12-9-13-18-25)26-19-14-10-15-20-26/h9-10,12-15,17-20,23-24H,7-8,11,16,21-22H2,1-6H3/t23-,24-/m1/s1. The van der Waals surface area contributed by atoms with Crippen LogP contribution in [0.5, 0.6) is 0 Å². The summed E-state index contributed by atoms with van der Waals surface area (Å²) in [6, 6.07) is 21.6. The van der Waals surface area contributed by atoms with Crippen LogP contribution in [0.3, 0.4) is 0 Å². The van der Waals surface area contributed by atoms with Gasteiger partial charge in [-0.2, -0.15) is 0 Å². The number of unbranched alkanes of at least 4 members (excludes halogenated alkanes) is 2. The summed E-state index contributed by atoms with van der Waals surface area (Å²) >= 11 is 0. The molecule has 0 saturated heterocycles. The summed E-state index contributed by atoms with van der Waals surface area (Å²) in [5, 5.41) is 2.57. The quantitative estimate of drug-likeness (QED) is 0.300. The van der Waals surface area contributed by atoms with Crippen molar-refractivity contribution in [1.82, 2.24) is 0 Å². The Labute approximate surface area is 191 Å². The molecule has 0 radical (unpaired) electrons. The van der Waals surface area contributed by atoms with E-state index in [-0.39, 0.29) is 17.2 Å². The molecule has 0 heterocycles. The van der Waals surface area contributed by atoms with Crippen LogP contribution in [0.15, 0.2) is 60.7 Å². The second kappa shape index (κ2) is 12.5. The van der Waals surface area contributed by atoms with Gasteiger partial charge in [0, 0.05) is 20.6 Å². The Kier molecular flexibility index (Phi) is 10.4. The van der Waals surface area contributed by atoms with Crippen molar-refractivity contribution in [3.05, 3.63) is 60.7 Å². The van der Waals surface area contributed by atoms with E-state index in [1.807, 2.05) is 7.11 Å². The third kappa shape index (κ3) is 6.76. The first-order valence-corrected chi connectivity index (χ1v) is 13.6. The van der Waals surface area contributed by atoms with Crippen molar-refractivity contribution in [2.75, 3.05) is 20.8 Å². The van der Waals surface area contributed by atoms with E-state index < -0.39 is 8.32 Å². The predicted molar refractivity (Wildman–Crippen MR) is 134 cm³/mol. The fraction of sp³-hybridized carbons (Fsp3) is 0.556. The van der Waals surface area contributed by atoms with Crippen LogP contribution < -0.4 is 10.4 Å². The largest absolute Gasteiger partial charge is 0.405 e. The minimum Gasteiger partial charge on any atom is -0.405 e. The maximum atomic E-state index is 7.05. The van der Waals surface area contributed by atoms with Crippen LogP contribution in [0.2, 0.25) is 5.04 Å². The summed E-state index contributed by atoms with van der Waals surface area (Å²) in [5.41, 5.74) is 0. The van der Waals surface area contributed by atoms with Gasteiger partial charge < -0.3 is 13.9 Å². The van der Waals surface area contributed by atoms with Crippen molar-refractivity contribution < 1.29 is 13.9 Å². The molecule has 0 N–H and O–H groups in total. The molecule has 3 nitrogen and oxygen atoms in total. The average molecular weight is 443 g/mol. The second-order valence-corrected chi connectivity index (χ2v) is 13.7. The number of hydrogen-bond donors (Lipinski definition) is 0. The molecule has 2 atom stereocenters. The number of methoxy groups -OCH3 is 2. The number of rotatable bonds is 13. The van der Waals surface area contributed by atoms with Crippen molar-refractivity contribution in [3.8, 4) is 0 Å². The molecule has 0 fully saturated rings. The van der Waals surface area contributed by atoms with Gasteiger partial charge in [-0.3, -0.25) is 0 Å². The lowest BCUT2D eigenvalue weighted by Gasteiger charge is -2.43. The summed E-state index contributed by atoms with van der Waals surface area (Å²) in [6.45, 7) is 9.73. The fourth-order valence-electron chi connectivity index (χ4n) is 4.46. The molecular formula is C27H42O3Si. The highest BCUT2D eigenvalue weighted by atomic mass is 28.4. The van der Waals surface area contributed by atoms with Gasteiger partial charge in [0.15, 0.2) is 0 Å². The van der Waals surface area contributed by atoms with E-state index in [0.29, 0.717) is 6.61 Å². The smallest absolute Gasteiger partial charge is 0.261 e. The molecule has 0 aromatic heterocycles. The van der Waals surface area contributed by atoms with Gasteiger partial charge in [-0.1, -0.05) is 108 Å². The van der Waals surface area contributed by atoms with E-state index in [9.17, 15) is 0 Å². The maximum Gasteiger partial charge on any atom is 0.261 e. The Bertz CT molecular complexity index is 688. The summed E-state index contributed by atoms with van der Waals surface area (Å²) in [7, 11) is 1.06. The second-order valence-electron chi connectivity index (χ2n) is 9.42. The number of ether oxygens (including phenoxy) is 2. The Balaban J connectivity index is 2.31. The molecule has 172 valence electrons. The van der Waals surface area contributed by atoms with Gasteiger partial charge in [-0.05, 0) is 21.8 Å². The molecule has 2 rings (SSSR count). The Hall–Kier alpha value is -1.46. The third-order valence-electron chi connectivity index (χ3n) is 6.22. The molecule has 0 spiro atoms. The SMILES string of the molecule is CCCCC[C@H](C[C@H](CO[Si](c1ccccc1)(c1ccccc1)C(C)(C)C)OC)OC. The molecule has 0 bridgehead atoms. The molecule has 0 aliphatic carbocycles. The zero-order valence-corrected chi connectivity index (χ0v) is 21.4. The number of hydrogen-bond acceptors (Lipinski definition) is 3. The van der Waals surface area contributed by atoms with Crippen LogP contribution in [-0.4, -0.2) is 41.4 Å². The lowest BCUT2D eigenvalue weighted by molar-refractivity contribution is -0.00415. The first kappa shape index (κ1) is 25.8. The molecule has 2 aromatic rings. The molecule has 0 amide bonds. The third-order valence-corrected chi connectivity index (χ3v) is 11.2. The van der Waals surface area contributed by atoms with Crippen molar-refractivity contribution in [3.63, 3.8) is 0 Å². The van der Waals surface area contributed by atoms with E-state index in [1.54, 1.807) is 7.11 Å². The zero-order chi connectivity index (χ0) is 22.7. The first-order valence-electron chi connectivity index (χ1n) is 11.7. The molecule has 2 aromatic carbocycles. The van der Waals surface area contributed by atoms with E-state index in [1.165, 1.54) is 29.6 Å². The summed E-state index contributed by atoms with van der Waals surface area (Å²) in [6.07, 6.45) is 5.81. The molecule has 0 aliphatic heterocycles. The summed E-state index contributed by atoms with van der Waals surface area (Å²) in [4.78, 5) is 0. The van der Waals surface area contributed by atoms with Crippen molar-refractivity contribution in [2.24, 2.45) is 0 Å². The highest BCUT2D eigenvalue weighted by Crippen LogP contribution is 2.37. The van der Waals surface area contributed by atoms with Gasteiger partial charge in [-0.25, -0.2) is 0 Å². The van der Waals surface area contributed by atoms with Gasteiger partial charge in [0.1, 0.15) is 0 Å². The molecule has 0 unspecified atom stereocenters. The fourth-order valence-corrected chi connectivity index (χ4v) is 9.05. The van der Waals surface area contributed by atoms with Gasteiger partial charge >= 0.3 is 0 Å². The van der Waals surface area contributed by atoms with Crippen LogP contribution >= 0.6 is 0 Å². The average Bonchev–Trinajstić information content (AvgIpc) is 2.78. The van der Waals surface area contributed by atoms with Gasteiger partial charge in [0.2, 0.25) is 0 Å². The highest BCUT2D eigenvalue weighted by Gasteiger charge is 2.50. The van der Waals surface area contributed by atoms with Crippen LogP contribution in [0.25, 0.3) is 0 Å². The van der Waals surface area contributed by atoms with Crippen LogP contribution in [0.4, 0.5) is 0 Å². The Morgan fingerprint density at radius 3 is 1.71 bits per heavy atom. The highest BCUT2D eigenvalue weighted by molar-refractivity contribution is 6.99. The number of benzene rings is 2. The lowest BCUT2D eigenvalue weighted by Crippen LogP contribution is -2.67. The summed E-state index contributed by atoms with van der Waals surface area (Å²) < 4.78 is 18.7. The van der Waals surface area contributed by atoms with Crippen LogP contribution in [-0.2, 0) is 13.9 Å². The molecule has 31 heavy (non-hydrogen) atoms. The minimum atomic E-state index is -2.54. The molecular weight excluding hydrogens is 400 g/mol. The lowest BCUT2D eigenvalue weighted by atomic mass is 10.1.